The summed E-state index contributed by atoms with van der Waals surface area (Å²) in [7, 11) is 0.251. The van der Waals surface area contributed by atoms with Crippen molar-refractivity contribution in [1.82, 2.24) is 15.2 Å². The lowest BCUT2D eigenvalue weighted by Crippen LogP contribution is -2.55. The van der Waals surface area contributed by atoms with Gasteiger partial charge in [0.05, 0.1) is 8.07 Å². The summed E-state index contributed by atoms with van der Waals surface area (Å²) in [6.45, 7) is 10.9. The second-order valence-electron chi connectivity index (χ2n) is 8.34. The van der Waals surface area contributed by atoms with E-state index in [0.29, 0.717) is 25.3 Å². The van der Waals surface area contributed by atoms with Crippen LogP contribution in [-0.2, 0) is 0 Å². The number of aromatic nitrogens is 1. The minimum atomic E-state index is -1.35. The van der Waals surface area contributed by atoms with Crippen molar-refractivity contribution in [3.8, 4) is 0 Å². The van der Waals surface area contributed by atoms with Crippen LogP contribution in [0, 0.1) is 0 Å². The molecular weight excluding hydrogens is 402 g/mol. The van der Waals surface area contributed by atoms with Crippen molar-refractivity contribution >= 4 is 47.4 Å². The molecule has 3 amide bonds. The number of anilines is 2. The Labute approximate surface area is 177 Å². The SMILES string of the molecule is CNC(=O)c1csc(N2CCN(C(=O)Nc3ccc([Si](C)(C)C)cc3)[C@H](C)C2)n1. The summed E-state index contributed by atoms with van der Waals surface area (Å²) in [4.78, 5) is 32.9. The zero-order valence-corrected chi connectivity index (χ0v) is 19.5. The first-order chi connectivity index (χ1) is 13.7. The van der Waals surface area contributed by atoms with Gasteiger partial charge in [0.25, 0.3) is 5.91 Å². The van der Waals surface area contributed by atoms with Crippen molar-refractivity contribution in [2.45, 2.75) is 32.6 Å². The Morgan fingerprint density at radius 2 is 1.86 bits per heavy atom. The lowest BCUT2D eigenvalue weighted by atomic mass is 10.2. The Morgan fingerprint density at radius 1 is 1.17 bits per heavy atom. The maximum atomic E-state index is 12.8. The number of hydrogen-bond acceptors (Lipinski definition) is 5. The maximum Gasteiger partial charge on any atom is 0.322 e. The van der Waals surface area contributed by atoms with Gasteiger partial charge < -0.3 is 20.4 Å². The third-order valence-electron chi connectivity index (χ3n) is 5.11. The van der Waals surface area contributed by atoms with Gasteiger partial charge in [0.15, 0.2) is 5.13 Å². The first-order valence-electron chi connectivity index (χ1n) is 9.80. The number of carbonyl (C=O) groups excluding carboxylic acids is 2. The lowest BCUT2D eigenvalue weighted by molar-refractivity contribution is 0.0959. The summed E-state index contributed by atoms with van der Waals surface area (Å²) in [6, 6.07) is 8.18. The average molecular weight is 432 g/mol. The van der Waals surface area contributed by atoms with Gasteiger partial charge >= 0.3 is 6.03 Å². The quantitative estimate of drug-likeness (QED) is 0.730. The largest absolute Gasteiger partial charge is 0.354 e. The van der Waals surface area contributed by atoms with E-state index in [1.165, 1.54) is 16.5 Å². The van der Waals surface area contributed by atoms with Crippen LogP contribution in [0.4, 0.5) is 15.6 Å². The van der Waals surface area contributed by atoms with Gasteiger partial charge in [0.1, 0.15) is 5.69 Å². The summed E-state index contributed by atoms with van der Waals surface area (Å²) in [6.07, 6.45) is 0. The van der Waals surface area contributed by atoms with Crippen molar-refractivity contribution in [3.05, 3.63) is 35.3 Å². The molecule has 1 aliphatic heterocycles. The highest BCUT2D eigenvalue weighted by molar-refractivity contribution is 7.13. The van der Waals surface area contributed by atoms with Crippen LogP contribution in [0.25, 0.3) is 0 Å². The predicted molar refractivity (Wildman–Crippen MR) is 122 cm³/mol. The molecule has 2 N–H and O–H groups in total. The second kappa shape index (κ2) is 8.54. The van der Waals surface area contributed by atoms with E-state index in [4.69, 9.17) is 0 Å². The summed E-state index contributed by atoms with van der Waals surface area (Å²) in [5, 5.41) is 9.57. The van der Waals surface area contributed by atoms with Gasteiger partial charge in [-0.25, -0.2) is 9.78 Å². The van der Waals surface area contributed by atoms with E-state index in [1.807, 2.05) is 24.0 Å². The Morgan fingerprint density at radius 3 is 2.45 bits per heavy atom. The number of amides is 3. The smallest absolute Gasteiger partial charge is 0.322 e. The van der Waals surface area contributed by atoms with E-state index in [9.17, 15) is 9.59 Å². The fourth-order valence-corrected chi connectivity index (χ4v) is 5.33. The fourth-order valence-electron chi connectivity index (χ4n) is 3.32. The van der Waals surface area contributed by atoms with E-state index in [1.54, 1.807) is 12.4 Å². The summed E-state index contributed by atoms with van der Waals surface area (Å²) >= 11 is 1.46. The number of benzene rings is 1. The number of rotatable bonds is 4. The van der Waals surface area contributed by atoms with Gasteiger partial charge in [0, 0.05) is 43.8 Å². The molecule has 0 bridgehead atoms. The van der Waals surface area contributed by atoms with Crippen LogP contribution < -0.4 is 20.7 Å². The fraction of sp³-hybridized carbons (Fsp3) is 0.450. The monoisotopic (exact) mass is 431 g/mol. The van der Waals surface area contributed by atoms with Gasteiger partial charge in [0.2, 0.25) is 0 Å². The molecule has 1 saturated heterocycles. The highest BCUT2D eigenvalue weighted by Gasteiger charge is 2.29. The molecule has 3 rings (SSSR count). The van der Waals surface area contributed by atoms with Crippen LogP contribution in [0.3, 0.4) is 0 Å². The number of carbonyl (C=O) groups is 2. The number of urea groups is 1. The highest BCUT2D eigenvalue weighted by Crippen LogP contribution is 2.24. The Balaban J connectivity index is 1.60. The third-order valence-corrected chi connectivity index (χ3v) is 8.08. The van der Waals surface area contributed by atoms with E-state index < -0.39 is 8.07 Å². The molecule has 1 atom stereocenters. The normalized spacial score (nSPS) is 17.2. The molecule has 1 aromatic heterocycles. The third kappa shape index (κ3) is 4.97. The molecule has 2 heterocycles. The van der Waals surface area contributed by atoms with Crippen LogP contribution in [-0.4, -0.2) is 62.6 Å². The molecule has 0 saturated carbocycles. The second-order valence-corrected chi connectivity index (χ2v) is 14.3. The standard InChI is InChI=1S/C20H29N5O2SSi/c1-14-12-24(20-23-17(13-28-20)18(26)21-2)10-11-25(14)19(27)22-15-6-8-16(9-7-15)29(3,4)5/h6-9,13-14H,10-12H2,1-5H3,(H,21,26)(H,22,27)/t14-/m1/s1. The van der Waals surface area contributed by atoms with Crippen molar-refractivity contribution < 1.29 is 9.59 Å². The van der Waals surface area contributed by atoms with E-state index in [-0.39, 0.29) is 18.0 Å². The van der Waals surface area contributed by atoms with Crippen LogP contribution in [0.2, 0.25) is 19.6 Å². The van der Waals surface area contributed by atoms with Crippen LogP contribution in [0.5, 0.6) is 0 Å². The molecule has 2 aromatic rings. The number of piperazine rings is 1. The van der Waals surface area contributed by atoms with Crippen molar-refractivity contribution in [2.24, 2.45) is 0 Å². The zero-order valence-electron chi connectivity index (χ0n) is 17.7. The van der Waals surface area contributed by atoms with Crippen molar-refractivity contribution in [2.75, 3.05) is 36.9 Å². The Bertz CT molecular complexity index is 878. The molecule has 29 heavy (non-hydrogen) atoms. The number of nitrogens with zero attached hydrogens (tertiary/aromatic N) is 3. The molecule has 0 unspecified atom stereocenters. The molecule has 0 aliphatic carbocycles. The average Bonchev–Trinajstić information content (AvgIpc) is 3.17. The summed E-state index contributed by atoms with van der Waals surface area (Å²) in [5.74, 6) is -0.182. The Hall–Kier alpha value is -2.39. The first kappa shape index (κ1) is 21.3. The zero-order chi connectivity index (χ0) is 21.2. The van der Waals surface area contributed by atoms with E-state index in [0.717, 1.165) is 10.8 Å². The molecule has 1 aliphatic rings. The van der Waals surface area contributed by atoms with Crippen LogP contribution in [0.15, 0.2) is 29.6 Å². The molecule has 0 radical (unpaired) electrons. The molecule has 7 nitrogen and oxygen atoms in total. The summed E-state index contributed by atoms with van der Waals surface area (Å²) < 4.78 is 0. The molecule has 1 fully saturated rings. The summed E-state index contributed by atoms with van der Waals surface area (Å²) in [5.41, 5.74) is 1.25. The number of hydrogen-bond donors (Lipinski definition) is 2. The minimum Gasteiger partial charge on any atom is -0.354 e. The topological polar surface area (TPSA) is 77.6 Å². The van der Waals surface area contributed by atoms with Crippen LogP contribution >= 0.6 is 11.3 Å². The minimum absolute atomic E-state index is 0.0392. The molecule has 1 aromatic carbocycles. The van der Waals surface area contributed by atoms with Gasteiger partial charge in [-0.2, -0.15) is 0 Å². The molecule has 156 valence electrons. The lowest BCUT2D eigenvalue weighted by Gasteiger charge is -2.39. The maximum absolute atomic E-state index is 12.8. The van der Waals surface area contributed by atoms with Gasteiger partial charge in [-0.1, -0.05) is 37.0 Å². The molecular formula is C20H29N5O2SSi. The van der Waals surface area contributed by atoms with Crippen LogP contribution in [0.1, 0.15) is 17.4 Å². The van der Waals surface area contributed by atoms with E-state index in [2.05, 4.69) is 52.3 Å². The highest BCUT2D eigenvalue weighted by atomic mass is 32.1. The van der Waals surface area contributed by atoms with Gasteiger partial charge in [-0.15, -0.1) is 11.3 Å². The number of thiazole rings is 1. The number of nitrogens with one attached hydrogen (secondary N) is 2. The van der Waals surface area contributed by atoms with Crippen molar-refractivity contribution in [3.63, 3.8) is 0 Å². The van der Waals surface area contributed by atoms with Gasteiger partial charge in [-0.05, 0) is 19.1 Å². The van der Waals surface area contributed by atoms with Gasteiger partial charge in [-0.3, -0.25) is 4.79 Å². The van der Waals surface area contributed by atoms with E-state index >= 15 is 0 Å². The first-order valence-corrected chi connectivity index (χ1v) is 14.2. The molecule has 0 spiro atoms. The van der Waals surface area contributed by atoms with Crippen molar-refractivity contribution in [1.29, 1.82) is 0 Å². The molecule has 9 heteroatoms. The predicted octanol–water partition coefficient (Wildman–Crippen LogP) is 2.79. The Kier molecular flexibility index (Phi) is 6.28.